The van der Waals surface area contributed by atoms with E-state index in [9.17, 15) is 14.9 Å². The van der Waals surface area contributed by atoms with Crippen molar-refractivity contribution in [3.05, 3.63) is 80.9 Å². The van der Waals surface area contributed by atoms with Gasteiger partial charge in [-0.15, -0.1) is 0 Å². The first-order chi connectivity index (χ1) is 14.5. The van der Waals surface area contributed by atoms with Gasteiger partial charge in [0.2, 0.25) is 5.75 Å². The Labute approximate surface area is 177 Å². The van der Waals surface area contributed by atoms with Crippen molar-refractivity contribution in [2.24, 2.45) is 0 Å². The van der Waals surface area contributed by atoms with Crippen LogP contribution in [-0.2, 0) is 19.5 Å². The molecule has 2 heterocycles. The van der Waals surface area contributed by atoms with Crippen molar-refractivity contribution < 1.29 is 14.5 Å². The second kappa shape index (κ2) is 8.54. The second-order valence-corrected chi connectivity index (χ2v) is 7.41. The number of halogens is 1. The summed E-state index contributed by atoms with van der Waals surface area (Å²) in [7, 11) is 0. The number of hydrogen-bond acceptors (Lipinski definition) is 5. The molecule has 0 fully saturated rings. The van der Waals surface area contributed by atoms with E-state index in [0.717, 1.165) is 37.3 Å². The molecule has 0 radical (unpaired) electrons. The van der Waals surface area contributed by atoms with Crippen LogP contribution in [0.4, 0.5) is 5.69 Å². The van der Waals surface area contributed by atoms with Crippen LogP contribution < -0.4 is 10.1 Å². The van der Waals surface area contributed by atoms with Crippen molar-refractivity contribution in [1.29, 1.82) is 0 Å². The summed E-state index contributed by atoms with van der Waals surface area (Å²) in [6.07, 6.45) is 5.27. The number of rotatable bonds is 6. The van der Waals surface area contributed by atoms with Gasteiger partial charge < -0.3 is 14.6 Å². The number of imidazole rings is 1. The Morgan fingerprint density at radius 2 is 2.03 bits per heavy atom. The van der Waals surface area contributed by atoms with E-state index < -0.39 is 4.92 Å². The zero-order valence-electron chi connectivity index (χ0n) is 16.0. The van der Waals surface area contributed by atoms with E-state index in [1.165, 1.54) is 18.2 Å². The van der Waals surface area contributed by atoms with Crippen molar-refractivity contribution >= 4 is 23.2 Å². The van der Waals surface area contributed by atoms with E-state index >= 15 is 0 Å². The van der Waals surface area contributed by atoms with Gasteiger partial charge in [-0.05, 0) is 49.2 Å². The quantitative estimate of drug-likeness (QED) is 0.462. The lowest BCUT2D eigenvalue weighted by atomic mass is 10.2. The molecule has 0 atom stereocenters. The molecule has 9 heteroatoms. The Kier molecular flexibility index (Phi) is 5.67. The fourth-order valence-electron chi connectivity index (χ4n) is 3.35. The Balaban J connectivity index is 1.39. The number of hydrogen-bond donors (Lipinski definition) is 1. The van der Waals surface area contributed by atoms with Crippen molar-refractivity contribution in [2.75, 3.05) is 0 Å². The third-order valence-electron chi connectivity index (χ3n) is 4.85. The first-order valence-electron chi connectivity index (χ1n) is 9.54. The van der Waals surface area contributed by atoms with E-state index in [4.69, 9.17) is 16.3 Å². The zero-order chi connectivity index (χ0) is 21.1. The maximum Gasteiger partial charge on any atom is 0.313 e. The molecule has 8 nitrogen and oxygen atoms in total. The lowest BCUT2D eigenvalue weighted by molar-refractivity contribution is -0.385. The van der Waals surface area contributed by atoms with Gasteiger partial charge in [0.05, 0.1) is 17.2 Å². The van der Waals surface area contributed by atoms with Gasteiger partial charge in [-0.1, -0.05) is 11.6 Å². The molecule has 4 rings (SSSR count). The normalized spacial score (nSPS) is 12.8. The average Bonchev–Trinajstić information content (AvgIpc) is 3.17. The molecule has 1 aromatic heterocycles. The van der Waals surface area contributed by atoms with Crippen LogP contribution in [0.25, 0.3) is 0 Å². The number of fused-ring (bicyclic) bond motifs is 1. The SMILES string of the molecule is O=C(NCc1cn2c(n1)CCCC2)c1ccc(Oc2ccc(Cl)cc2[N+](=O)[O-])cc1. The summed E-state index contributed by atoms with van der Waals surface area (Å²) in [6.45, 7) is 1.33. The number of benzene rings is 2. The molecular weight excluding hydrogens is 408 g/mol. The summed E-state index contributed by atoms with van der Waals surface area (Å²) in [5.74, 6) is 1.29. The summed E-state index contributed by atoms with van der Waals surface area (Å²) in [5, 5.41) is 14.3. The number of nitrogens with zero attached hydrogens (tertiary/aromatic N) is 3. The smallest absolute Gasteiger partial charge is 0.313 e. The Morgan fingerprint density at radius 3 is 2.77 bits per heavy atom. The molecule has 0 saturated carbocycles. The van der Waals surface area contributed by atoms with Crippen LogP contribution in [-0.4, -0.2) is 20.4 Å². The van der Waals surface area contributed by atoms with E-state index in [-0.39, 0.29) is 22.4 Å². The molecule has 1 amide bonds. The van der Waals surface area contributed by atoms with Gasteiger partial charge in [-0.3, -0.25) is 14.9 Å². The van der Waals surface area contributed by atoms with Gasteiger partial charge in [0.25, 0.3) is 5.91 Å². The van der Waals surface area contributed by atoms with E-state index in [0.29, 0.717) is 17.9 Å². The van der Waals surface area contributed by atoms with Gasteiger partial charge in [-0.2, -0.15) is 0 Å². The fraction of sp³-hybridized carbons (Fsp3) is 0.238. The largest absolute Gasteiger partial charge is 0.450 e. The molecule has 154 valence electrons. The monoisotopic (exact) mass is 426 g/mol. The number of nitro benzene ring substituents is 1. The molecule has 30 heavy (non-hydrogen) atoms. The molecule has 1 aliphatic rings. The first kappa shape index (κ1) is 19.9. The average molecular weight is 427 g/mol. The highest BCUT2D eigenvalue weighted by Crippen LogP contribution is 2.33. The van der Waals surface area contributed by atoms with Crippen molar-refractivity contribution in [3.63, 3.8) is 0 Å². The summed E-state index contributed by atoms with van der Waals surface area (Å²) in [6, 6.07) is 10.6. The Morgan fingerprint density at radius 1 is 1.23 bits per heavy atom. The van der Waals surface area contributed by atoms with E-state index in [1.54, 1.807) is 24.3 Å². The first-order valence-corrected chi connectivity index (χ1v) is 9.92. The summed E-state index contributed by atoms with van der Waals surface area (Å²) in [5.41, 5.74) is 1.07. The molecular formula is C21H19ClN4O4. The highest BCUT2D eigenvalue weighted by atomic mass is 35.5. The minimum atomic E-state index is -0.559. The summed E-state index contributed by atoms with van der Waals surface area (Å²) >= 11 is 5.81. The van der Waals surface area contributed by atoms with Gasteiger partial charge in [-0.25, -0.2) is 4.98 Å². The fourth-order valence-corrected chi connectivity index (χ4v) is 3.52. The number of amides is 1. The van der Waals surface area contributed by atoms with Crippen LogP contribution in [0.5, 0.6) is 11.5 Å². The predicted octanol–water partition coefficient (Wildman–Crippen LogP) is 4.50. The van der Waals surface area contributed by atoms with Crippen LogP contribution in [0, 0.1) is 10.1 Å². The summed E-state index contributed by atoms with van der Waals surface area (Å²) in [4.78, 5) is 27.6. The van der Waals surface area contributed by atoms with Gasteiger partial charge in [0.15, 0.2) is 0 Å². The molecule has 0 saturated heterocycles. The number of nitro groups is 1. The second-order valence-electron chi connectivity index (χ2n) is 6.98. The molecule has 0 spiro atoms. The molecule has 1 aliphatic heterocycles. The maximum atomic E-state index is 12.4. The van der Waals surface area contributed by atoms with Crippen molar-refractivity contribution in [3.8, 4) is 11.5 Å². The Bertz CT molecular complexity index is 1070. The van der Waals surface area contributed by atoms with Gasteiger partial charge >= 0.3 is 5.69 Å². The molecule has 3 aromatic rings. The number of aromatic nitrogens is 2. The molecule has 0 unspecified atom stereocenters. The van der Waals surface area contributed by atoms with Crippen molar-refractivity contribution in [2.45, 2.75) is 32.4 Å². The Hall–Kier alpha value is -3.39. The third-order valence-corrected chi connectivity index (χ3v) is 5.09. The number of ether oxygens (including phenoxy) is 1. The lowest BCUT2D eigenvalue weighted by Crippen LogP contribution is -2.22. The minimum Gasteiger partial charge on any atom is -0.450 e. The van der Waals surface area contributed by atoms with E-state index in [1.807, 2.05) is 6.20 Å². The van der Waals surface area contributed by atoms with Crippen LogP contribution in [0.15, 0.2) is 48.7 Å². The predicted molar refractivity (Wildman–Crippen MR) is 111 cm³/mol. The van der Waals surface area contributed by atoms with Crippen LogP contribution in [0.2, 0.25) is 5.02 Å². The standard InChI is InChI=1S/C21H19ClN4O4/c22-15-6-9-19(18(11-15)26(28)29)30-17-7-4-14(5-8-17)21(27)23-12-16-13-25-10-2-1-3-20(25)24-16/h4-9,11,13H,1-3,10,12H2,(H,23,27). The summed E-state index contributed by atoms with van der Waals surface area (Å²) < 4.78 is 7.74. The van der Waals surface area contributed by atoms with Crippen molar-refractivity contribution in [1.82, 2.24) is 14.9 Å². The van der Waals surface area contributed by atoms with Gasteiger partial charge in [0, 0.05) is 35.8 Å². The minimum absolute atomic E-state index is 0.0744. The molecule has 2 aromatic carbocycles. The molecule has 0 aliphatic carbocycles. The molecule has 0 bridgehead atoms. The lowest BCUT2D eigenvalue weighted by Gasteiger charge is -2.11. The maximum absolute atomic E-state index is 12.4. The number of carbonyl (C=O) groups is 1. The number of aryl methyl sites for hydroxylation is 2. The van der Waals surface area contributed by atoms with Crippen LogP contribution in [0.1, 0.15) is 34.7 Å². The highest BCUT2D eigenvalue weighted by molar-refractivity contribution is 6.30. The number of nitrogens with one attached hydrogen (secondary N) is 1. The van der Waals surface area contributed by atoms with Crippen LogP contribution >= 0.6 is 11.6 Å². The third kappa shape index (κ3) is 4.44. The zero-order valence-corrected chi connectivity index (χ0v) is 16.8. The van der Waals surface area contributed by atoms with E-state index in [2.05, 4.69) is 14.9 Å². The molecule has 1 N–H and O–H groups in total. The topological polar surface area (TPSA) is 99.3 Å². The highest BCUT2D eigenvalue weighted by Gasteiger charge is 2.17. The van der Waals surface area contributed by atoms with Crippen LogP contribution in [0.3, 0.4) is 0 Å². The number of carbonyl (C=O) groups excluding carboxylic acids is 1. The van der Waals surface area contributed by atoms with Gasteiger partial charge in [0.1, 0.15) is 11.6 Å².